The number of Topliss-reactive ketones (excluding diaryl/α,β-unsaturated/α-hetero) is 1. The molecule has 0 saturated heterocycles. The summed E-state index contributed by atoms with van der Waals surface area (Å²) < 4.78 is 14.3. The van der Waals surface area contributed by atoms with Crippen LogP contribution in [-0.2, 0) is 16.1 Å². The van der Waals surface area contributed by atoms with E-state index in [0.717, 1.165) is 62.0 Å². The van der Waals surface area contributed by atoms with Crippen molar-refractivity contribution in [3.8, 4) is 0 Å². The molecule has 0 radical (unpaired) electrons. The second-order valence-electron chi connectivity index (χ2n) is 6.82. The van der Waals surface area contributed by atoms with Crippen molar-refractivity contribution in [2.45, 2.75) is 64.0 Å². The molecule has 1 fully saturated rings. The molecular formula is C18H27FN4O3. The van der Waals surface area contributed by atoms with E-state index in [-0.39, 0.29) is 24.2 Å². The molecular weight excluding hydrogens is 339 g/mol. The van der Waals surface area contributed by atoms with Crippen LogP contribution in [0.2, 0.25) is 0 Å². The standard InChI is InChI=1S/C18H27FN4O3/c19-14-10-21-12-23(18(14)26)11-16(24)15(8-2-1-5-9-20)22-17(25)13-6-3-4-7-13/h10,12-13,15H,1-9,11,20H2,(H,22,25)/t15-/m0/s1. The largest absolute Gasteiger partial charge is 0.346 e. The fourth-order valence-electron chi connectivity index (χ4n) is 3.28. The van der Waals surface area contributed by atoms with Gasteiger partial charge in [0.25, 0.3) is 5.56 Å². The van der Waals surface area contributed by atoms with Crippen molar-refractivity contribution in [1.29, 1.82) is 0 Å². The number of unbranched alkanes of at least 4 members (excludes halogenated alkanes) is 2. The van der Waals surface area contributed by atoms with Gasteiger partial charge in [0.05, 0.1) is 25.1 Å². The van der Waals surface area contributed by atoms with Gasteiger partial charge in [0.15, 0.2) is 5.78 Å². The maximum Gasteiger partial charge on any atom is 0.289 e. The number of rotatable bonds is 10. The first-order valence-corrected chi connectivity index (χ1v) is 9.26. The SMILES string of the molecule is NCCCCC[C@H](NC(=O)C1CCCC1)C(=O)Cn1cncc(F)c1=O. The van der Waals surface area contributed by atoms with E-state index in [4.69, 9.17) is 5.73 Å². The number of hydrogen-bond donors (Lipinski definition) is 2. The number of amides is 1. The molecule has 0 aliphatic heterocycles. The first kappa shape index (κ1) is 20.2. The average molecular weight is 366 g/mol. The van der Waals surface area contributed by atoms with E-state index in [9.17, 15) is 18.8 Å². The van der Waals surface area contributed by atoms with Gasteiger partial charge in [-0.3, -0.25) is 19.0 Å². The lowest BCUT2D eigenvalue weighted by atomic mass is 10.0. The predicted octanol–water partition coefficient (Wildman–Crippen LogP) is 1.15. The summed E-state index contributed by atoms with van der Waals surface area (Å²) in [7, 11) is 0. The van der Waals surface area contributed by atoms with Gasteiger partial charge < -0.3 is 11.1 Å². The normalized spacial score (nSPS) is 15.8. The Balaban J connectivity index is 2.02. The molecule has 1 aromatic heterocycles. The Morgan fingerprint density at radius 2 is 2.04 bits per heavy atom. The van der Waals surface area contributed by atoms with Crippen LogP contribution in [0.25, 0.3) is 0 Å². The summed E-state index contributed by atoms with van der Waals surface area (Å²) in [6.07, 6.45) is 8.62. The molecule has 26 heavy (non-hydrogen) atoms. The quantitative estimate of drug-likeness (QED) is 0.604. The minimum absolute atomic E-state index is 0.0482. The molecule has 1 saturated carbocycles. The summed E-state index contributed by atoms with van der Waals surface area (Å²) in [5.41, 5.74) is 4.59. The van der Waals surface area contributed by atoms with E-state index < -0.39 is 17.4 Å². The van der Waals surface area contributed by atoms with E-state index in [1.165, 1.54) is 0 Å². The van der Waals surface area contributed by atoms with Crippen LogP contribution < -0.4 is 16.6 Å². The van der Waals surface area contributed by atoms with Crippen LogP contribution in [0.15, 0.2) is 17.3 Å². The van der Waals surface area contributed by atoms with Crippen LogP contribution in [0, 0.1) is 11.7 Å². The number of nitrogens with zero attached hydrogens (tertiary/aromatic N) is 2. The topological polar surface area (TPSA) is 107 Å². The molecule has 0 spiro atoms. The summed E-state index contributed by atoms with van der Waals surface area (Å²) in [6.45, 7) is 0.271. The Hall–Kier alpha value is -2.09. The van der Waals surface area contributed by atoms with Gasteiger partial charge in [0.1, 0.15) is 0 Å². The number of nitrogens with one attached hydrogen (secondary N) is 1. The number of ketones is 1. The molecule has 1 aliphatic rings. The molecule has 8 heteroatoms. The van der Waals surface area contributed by atoms with Crippen molar-refractivity contribution in [2.75, 3.05) is 6.54 Å². The number of carbonyl (C=O) groups is 2. The zero-order chi connectivity index (χ0) is 18.9. The molecule has 7 nitrogen and oxygen atoms in total. The molecule has 144 valence electrons. The van der Waals surface area contributed by atoms with Crippen LogP contribution in [0.3, 0.4) is 0 Å². The molecule has 3 N–H and O–H groups in total. The Bertz CT molecular complexity index is 671. The van der Waals surface area contributed by atoms with Crippen LogP contribution in [0.1, 0.15) is 51.4 Å². The van der Waals surface area contributed by atoms with Crippen molar-refractivity contribution < 1.29 is 14.0 Å². The predicted molar refractivity (Wildman–Crippen MR) is 94.9 cm³/mol. The van der Waals surface area contributed by atoms with Gasteiger partial charge in [-0.25, -0.2) is 4.98 Å². The van der Waals surface area contributed by atoms with E-state index in [1.54, 1.807) is 0 Å². The van der Waals surface area contributed by atoms with Gasteiger partial charge in [-0.1, -0.05) is 25.7 Å². The summed E-state index contributed by atoms with van der Waals surface area (Å²) in [5.74, 6) is -1.48. The fourth-order valence-corrected chi connectivity index (χ4v) is 3.28. The zero-order valence-electron chi connectivity index (χ0n) is 15.0. The summed E-state index contributed by atoms with van der Waals surface area (Å²) in [5, 5.41) is 2.84. The van der Waals surface area contributed by atoms with Crippen LogP contribution in [-0.4, -0.2) is 33.8 Å². The van der Waals surface area contributed by atoms with Crippen LogP contribution >= 0.6 is 0 Å². The van der Waals surface area contributed by atoms with Gasteiger partial charge in [0, 0.05) is 5.92 Å². The van der Waals surface area contributed by atoms with Crippen LogP contribution in [0.5, 0.6) is 0 Å². The van der Waals surface area contributed by atoms with E-state index in [2.05, 4.69) is 10.3 Å². The molecule has 1 amide bonds. The Morgan fingerprint density at radius 3 is 2.73 bits per heavy atom. The molecule has 1 aliphatic carbocycles. The molecule has 2 rings (SSSR count). The lowest BCUT2D eigenvalue weighted by molar-refractivity contribution is -0.130. The zero-order valence-corrected chi connectivity index (χ0v) is 15.0. The summed E-state index contributed by atoms with van der Waals surface area (Å²) >= 11 is 0. The third kappa shape index (κ3) is 5.72. The first-order valence-electron chi connectivity index (χ1n) is 9.26. The molecule has 1 atom stereocenters. The molecule has 0 unspecified atom stereocenters. The number of halogens is 1. The maximum absolute atomic E-state index is 13.3. The number of hydrogen-bond acceptors (Lipinski definition) is 5. The first-order chi connectivity index (χ1) is 12.5. The average Bonchev–Trinajstić information content (AvgIpc) is 3.16. The summed E-state index contributed by atoms with van der Waals surface area (Å²) in [6, 6.07) is -0.684. The minimum Gasteiger partial charge on any atom is -0.346 e. The maximum atomic E-state index is 13.3. The van der Waals surface area contributed by atoms with Gasteiger partial charge in [-0.15, -0.1) is 0 Å². The van der Waals surface area contributed by atoms with Crippen molar-refractivity contribution in [1.82, 2.24) is 14.9 Å². The molecule has 0 bridgehead atoms. The number of nitrogens with two attached hydrogens (primary N) is 1. The van der Waals surface area contributed by atoms with Crippen molar-refractivity contribution >= 4 is 11.7 Å². The highest BCUT2D eigenvalue weighted by atomic mass is 19.1. The third-order valence-electron chi connectivity index (χ3n) is 4.81. The molecule has 0 aromatic carbocycles. The monoisotopic (exact) mass is 366 g/mol. The van der Waals surface area contributed by atoms with Crippen LogP contribution in [0.4, 0.5) is 4.39 Å². The van der Waals surface area contributed by atoms with Gasteiger partial charge >= 0.3 is 0 Å². The van der Waals surface area contributed by atoms with Gasteiger partial charge in [-0.05, 0) is 32.2 Å². The Kier molecular flexibility index (Phi) is 7.90. The number of carbonyl (C=O) groups excluding carboxylic acids is 2. The smallest absolute Gasteiger partial charge is 0.289 e. The molecule has 1 aromatic rings. The number of aromatic nitrogens is 2. The van der Waals surface area contributed by atoms with E-state index >= 15 is 0 Å². The van der Waals surface area contributed by atoms with E-state index in [1.807, 2.05) is 0 Å². The lowest BCUT2D eigenvalue weighted by Crippen LogP contribution is -2.45. The van der Waals surface area contributed by atoms with E-state index in [0.29, 0.717) is 13.0 Å². The van der Waals surface area contributed by atoms with Gasteiger partial charge in [0.2, 0.25) is 11.7 Å². The molecule has 1 heterocycles. The van der Waals surface area contributed by atoms with Crippen molar-refractivity contribution in [2.24, 2.45) is 11.7 Å². The Labute approximate surface area is 152 Å². The highest BCUT2D eigenvalue weighted by Gasteiger charge is 2.27. The fraction of sp³-hybridized carbons (Fsp3) is 0.667. The van der Waals surface area contributed by atoms with Crippen molar-refractivity contribution in [3.05, 3.63) is 28.7 Å². The second kappa shape index (κ2) is 10.2. The van der Waals surface area contributed by atoms with Crippen molar-refractivity contribution in [3.63, 3.8) is 0 Å². The summed E-state index contributed by atoms with van der Waals surface area (Å²) in [4.78, 5) is 40.4. The highest BCUT2D eigenvalue weighted by molar-refractivity contribution is 5.89. The minimum atomic E-state index is -1.00. The highest BCUT2D eigenvalue weighted by Crippen LogP contribution is 2.25. The lowest BCUT2D eigenvalue weighted by Gasteiger charge is -2.20. The van der Waals surface area contributed by atoms with Gasteiger partial charge in [-0.2, -0.15) is 4.39 Å². The Morgan fingerprint density at radius 1 is 1.31 bits per heavy atom. The third-order valence-corrected chi connectivity index (χ3v) is 4.81. The second-order valence-corrected chi connectivity index (χ2v) is 6.82.